The van der Waals surface area contributed by atoms with Gasteiger partial charge in [0.2, 0.25) is 0 Å². The van der Waals surface area contributed by atoms with E-state index in [1.165, 1.54) is 51.3 Å². The zero-order valence-corrected chi connectivity index (χ0v) is 12.1. The van der Waals surface area contributed by atoms with Gasteiger partial charge >= 0.3 is 5.97 Å². The fourth-order valence-electron chi connectivity index (χ4n) is 2.92. The number of hydrogen-bond acceptors (Lipinski definition) is 3. The molecule has 0 radical (unpaired) electrons. The Labute approximate surface area is 119 Å². The third-order valence-electron chi connectivity index (χ3n) is 4.13. The Bertz CT molecular complexity index is 470. The molecule has 0 aromatic heterocycles. The summed E-state index contributed by atoms with van der Waals surface area (Å²) in [7, 11) is 1.31. The summed E-state index contributed by atoms with van der Waals surface area (Å²) < 4.78 is 18.0. The minimum absolute atomic E-state index is 0.259. The second kappa shape index (κ2) is 6.73. The first-order chi connectivity index (χ1) is 9.61. The average Bonchev–Trinajstić information content (AvgIpc) is 2.49. The van der Waals surface area contributed by atoms with Crippen LogP contribution < -0.4 is 5.32 Å². The van der Waals surface area contributed by atoms with Gasteiger partial charge in [-0.25, -0.2) is 9.18 Å². The Morgan fingerprint density at radius 2 is 2.05 bits per heavy atom. The zero-order valence-electron chi connectivity index (χ0n) is 12.1. The maximum Gasteiger partial charge on any atom is 0.340 e. The third-order valence-corrected chi connectivity index (χ3v) is 4.13. The van der Waals surface area contributed by atoms with Gasteiger partial charge in [0.1, 0.15) is 5.82 Å². The first-order valence-electron chi connectivity index (χ1n) is 7.26. The molecular weight excluding hydrogens is 257 g/mol. The van der Waals surface area contributed by atoms with Crippen molar-refractivity contribution in [2.24, 2.45) is 5.92 Å². The van der Waals surface area contributed by atoms with Crippen molar-refractivity contribution in [3.63, 3.8) is 0 Å². The second-order valence-electron chi connectivity index (χ2n) is 5.51. The second-order valence-corrected chi connectivity index (χ2v) is 5.51. The molecule has 1 aromatic carbocycles. The largest absolute Gasteiger partial charge is 0.465 e. The lowest BCUT2D eigenvalue weighted by Gasteiger charge is -2.29. The van der Waals surface area contributed by atoms with Crippen molar-refractivity contribution in [1.82, 2.24) is 0 Å². The molecule has 1 fully saturated rings. The van der Waals surface area contributed by atoms with Crippen LogP contribution in [0, 0.1) is 11.7 Å². The normalized spacial score (nSPS) is 17.6. The van der Waals surface area contributed by atoms with Crippen LogP contribution in [-0.4, -0.2) is 19.1 Å². The molecule has 110 valence electrons. The Morgan fingerprint density at radius 1 is 1.35 bits per heavy atom. The molecule has 20 heavy (non-hydrogen) atoms. The van der Waals surface area contributed by atoms with Gasteiger partial charge in [0, 0.05) is 11.7 Å². The maximum atomic E-state index is 13.3. The lowest BCUT2D eigenvalue weighted by molar-refractivity contribution is 0.0601. The maximum absolute atomic E-state index is 13.3. The lowest BCUT2D eigenvalue weighted by atomic mass is 9.84. The number of rotatable bonds is 4. The molecule has 0 heterocycles. The van der Waals surface area contributed by atoms with E-state index in [1.807, 2.05) is 0 Å². The Hall–Kier alpha value is -1.58. The number of nitrogens with one attached hydrogen (secondary N) is 1. The van der Waals surface area contributed by atoms with Crippen LogP contribution in [0.5, 0.6) is 0 Å². The third kappa shape index (κ3) is 3.50. The smallest absolute Gasteiger partial charge is 0.340 e. The molecule has 0 amide bonds. The number of benzene rings is 1. The summed E-state index contributed by atoms with van der Waals surface area (Å²) in [6.45, 7) is 2.13. The van der Waals surface area contributed by atoms with Crippen LogP contribution in [0.2, 0.25) is 0 Å². The van der Waals surface area contributed by atoms with Crippen molar-refractivity contribution in [2.45, 2.75) is 45.1 Å². The molecule has 1 N–H and O–H groups in total. The van der Waals surface area contributed by atoms with Crippen LogP contribution in [-0.2, 0) is 4.74 Å². The highest BCUT2D eigenvalue weighted by molar-refractivity contribution is 5.95. The molecule has 1 aliphatic rings. The Kier molecular flexibility index (Phi) is 4.99. The summed E-state index contributed by atoms with van der Waals surface area (Å²) >= 11 is 0. The minimum atomic E-state index is -0.511. The summed E-state index contributed by atoms with van der Waals surface area (Å²) in [5.74, 6) is -0.330. The number of ether oxygens (including phenoxy) is 1. The van der Waals surface area contributed by atoms with E-state index in [0.717, 1.165) is 0 Å². The van der Waals surface area contributed by atoms with Gasteiger partial charge in [0.15, 0.2) is 0 Å². The van der Waals surface area contributed by atoms with Gasteiger partial charge in [-0.05, 0) is 43.9 Å². The first-order valence-corrected chi connectivity index (χ1v) is 7.26. The Morgan fingerprint density at radius 3 is 2.70 bits per heavy atom. The van der Waals surface area contributed by atoms with Gasteiger partial charge in [-0.1, -0.05) is 19.3 Å². The van der Waals surface area contributed by atoms with E-state index >= 15 is 0 Å². The summed E-state index contributed by atoms with van der Waals surface area (Å²) in [4.78, 5) is 11.7. The van der Waals surface area contributed by atoms with Crippen molar-refractivity contribution in [1.29, 1.82) is 0 Å². The first kappa shape index (κ1) is 14.8. The number of esters is 1. The molecule has 2 rings (SSSR count). The summed E-state index contributed by atoms with van der Waals surface area (Å²) in [5, 5.41) is 3.36. The van der Waals surface area contributed by atoms with Crippen molar-refractivity contribution < 1.29 is 13.9 Å². The molecule has 1 aliphatic carbocycles. The number of hydrogen-bond donors (Lipinski definition) is 1. The van der Waals surface area contributed by atoms with Crippen molar-refractivity contribution in [3.8, 4) is 0 Å². The SMILES string of the molecule is COC(=O)c1cc(F)ccc1NC(C)C1CCCCC1. The van der Waals surface area contributed by atoms with E-state index in [-0.39, 0.29) is 11.6 Å². The van der Waals surface area contributed by atoms with E-state index in [4.69, 9.17) is 4.74 Å². The molecule has 1 unspecified atom stereocenters. The van der Waals surface area contributed by atoms with E-state index in [2.05, 4.69) is 12.2 Å². The van der Waals surface area contributed by atoms with Crippen molar-refractivity contribution >= 4 is 11.7 Å². The van der Waals surface area contributed by atoms with Gasteiger partial charge in [-0.3, -0.25) is 0 Å². The predicted octanol–water partition coefficient (Wildman–Crippen LogP) is 3.99. The molecule has 4 heteroatoms. The van der Waals surface area contributed by atoms with Crippen LogP contribution >= 0.6 is 0 Å². The fraction of sp³-hybridized carbons (Fsp3) is 0.562. The number of carbonyl (C=O) groups excluding carboxylic acids is 1. The van der Waals surface area contributed by atoms with Crippen LogP contribution in [0.1, 0.15) is 49.4 Å². The molecule has 1 atom stereocenters. The number of carbonyl (C=O) groups is 1. The molecule has 0 bridgehead atoms. The molecule has 0 saturated heterocycles. The van der Waals surface area contributed by atoms with E-state index in [0.29, 0.717) is 11.6 Å². The van der Waals surface area contributed by atoms with Crippen LogP contribution in [0.15, 0.2) is 18.2 Å². The standard InChI is InChI=1S/C16H22FNO2/c1-11(12-6-4-3-5-7-12)18-15-9-8-13(17)10-14(15)16(19)20-2/h8-12,18H,3-7H2,1-2H3. The van der Waals surface area contributed by atoms with E-state index < -0.39 is 11.8 Å². The van der Waals surface area contributed by atoms with E-state index in [9.17, 15) is 9.18 Å². The highest BCUT2D eigenvalue weighted by atomic mass is 19.1. The van der Waals surface area contributed by atoms with E-state index in [1.54, 1.807) is 6.07 Å². The monoisotopic (exact) mass is 279 g/mol. The number of halogens is 1. The number of anilines is 1. The molecule has 0 aliphatic heterocycles. The molecule has 0 spiro atoms. The van der Waals surface area contributed by atoms with Crippen molar-refractivity contribution in [2.75, 3.05) is 12.4 Å². The fourth-order valence-corrected chi connectivity index (χ4v) is 2.92. The highest BCUT2D eigenvalue weighted by Gasteiger charge is 2.22. The molecule has 3 nitrogen and oxygen atoms in total. The zero-order chi connectivity index (χ0) is 14.5. The van der Waals surface area contributed by atoms with Crippen LogP contribution in [0.4, 0.5) is 10.1 Å². The summed E-state index contributed by atoms with van der Waals surface area (Å²) in [6, 6.07) is 4.47. The quantitative estimate of drug-likeness (QED) is 0.847. The van der Waals surface area contributed by atoms with Gasteiger partial charge in [0.25, 0.3) is 0 Å². The van der Waals surface area contributed by atoms with Crippen molar-refractivity contribution in [3.05, 3.63) is 29.6 Å². The number of methoxy groups -OCH3 is 1. The van der Waals surface area contributed by atoms with Gasteiger partial charge < -0.3 is 10.1 Å². The highest BCUT2D eigenvalue weighted by Crippen LogP contribution is 2.29. The van der Waals surface area contributed by atoms with Crippen LogP contribution in [0.25, 0.3) is 0 Å². The topological polar surface area (TPSA) is 38.3 Å². The Balaban J connectivity index is 2.13. The van der Waals surface area contributed by atoms with Gasteiger partial charge in [0.05, 0.1) is 12.7 Å². The lowest BCUT2D eigenvalue weighted by Crippen LogP contribution is -2.28. The summed E-state index contributed by atoms with van der Waals surface area (Å²) in [6.07, 6.45) is 6.27. The molecular formula is C16H22FNO2. The van der Waals surface area contributed by atoms with Gasteiger partial charge in [-0.15, -0.1) is 0 Å². The molecule has 1 saturated carbocycles. The molecule has 1 aromatic rings. The van der Waals surface area contributed by atoms with Gasteiger partial charge in [-0.2, -0.15) is 0 Å². The van der Waals surface area contributed by atoms with Crippen LogP contribution in [0.3, 0.4) is 0 Å². The predicted molar refractivity (Wildman–Crippen MR) is 77.4 cm³/mol. The summed E-state index contributed by atoms with van der Waals surface area (Å²) in [5.41, 5.74) is 0.909. The average molecular weight is 279 g/mol. The minimum Gasteiger partial charge on any atom is -0.465 e.